The predicted molar refractivity (Wildman–Crippen MR) is 157 cm³/mol. The fraction of sp³-hybridized carbons (Fsp3) is 0.241. The van der Waals surface area contributed by atoms with E-state index in [1.165, 1.54) is 56.6 Å². The van der Waals surface area contributed by atoms with Crippen molar-refractivity contribution in [1.82, 2.24) is 23.7 Å². The number of phenols is 1. The number of halogens is 2. The van der Waals surface area contributed by atoms with Crippen molar-refractivity contribution in [3.63, 3.8) is 0 Å². The normalized spacial score (nSPS) is 15.7. The molecule has 1 saturated heterocycles. The molecule has 14 heteroatoms. The molecule has 1 aliphatic heterocycles. The van der Waals surface area contributed by atoms with Gasteiger partial charge in [-0.2, -0.15) is 4.98 Å². The van der Waals surface area contributed by atoms with Crippen LogP contribution in [0, 0.1) is 11.6 Å². The number of anilines is 1. The smallest absolute Gasteiger partial charge is 0.355 e. The Kier molecular flexibility index (Phi) is 7.75. The van der Waals surface area contributed by atoms with Gasteiger partial charge in [-0.1, -0.05) is 24.8 Å². The van der Waals surface area contributed by atoms with Crippen molar-refractivity contribution in [2.75, 3.05) is 38.6 Å². The molecule has 0 spiro atoms. The van der Waals surface area contributed by atoms with E-state index < -0.39 is 44.4 Å². The maximum Gasteiger partial charge on any atom is 0.355 e. The van der Waals surface area contributed by atoms with E-state index in [1.54, 1.807) is 16.7 Å². The lowest BCUT2D eigenvalue weighted by molar-refractivity contribution is -0.126. The number of aromatic nitrogens is 3. The van der Waals surface area contributed by atoms with E-state index in [2.05, 4.69) is 16.5 Å². The van der Waals surface area contributed by atoms with Crippen LogP contribution in [0.4, 0.5) is 14.6 Å². The molecule has 0 aliphatic carbocycles. The Labute approximate surface area is 246 Å². The molecule has 1 atom stereocenters. The van der Waals surface area contributed by atoms with Gasteiger partial charge in [0.15, 0.2) is 11.5 Å². The lowest BCUT2D eigenvalue weighted by Gasteiger charge is -2.40. The van der Waals surface area contributed by atoms with E-state index in [9.17, 15) is 27.5 Å². The molecule has 1 N–H and O–H groups in total. The predicted octanol–water partition coefficient (Wildman–Crippen LogP) is 2.90. The molecule has 5 rings (SSSR count). The third-order valence-corrected chi connectivity index (χ3v) is 9.14. The van der Waals surface area contributed by atoms with Crippen molar-refractivity contribution in [2.24, 2.45) is 0 Å². The number of nitrogens with zero attached hydrogens (tertiary/aromatic N) is 6. The highest BCUT2D eigenvalue weighted by Gasteiger charge is 2.31. The number of carbonyl (C=O) groups excluding carboxylic acids is 1. The van der Waals surface area contributed by atoms with Gasteiger partial charge < -0.3 is 14.9 Å². The van der Waals surface area contributed by atoms with Crippen LogP contribution in [0.1, 0.15) is 6.92 Å². The molecule has 1 aliphatic rings. The van der Waals surface area contributed by atoms with Crippen LogP contribution in [0.15, 0.2) is 70.9 Å². The summed E-state index contributed by atoms with van der Waals surface area (Å²) in [5.41, 5.74) is -2.37. The summed E-state index contributed by atoms with van der Waals surface area (Å²) in [6.45, 7) is 6.08. The fourth-order valence-electron chi connectivity index (χ4n) is 5.12. The Morgan fingerprint density at radius 2 is 1.81 bits per heavy atom. The molecule has 3 heterocycles. The number of piperazine rings is 1. The van der Waals surface area contributed by atoms with Crippen LogP contribution >= 0.6 is 0 Å². The molecule has 0 saturated carbocycles. The first-order chi connectivity index (χ1) is 20.4. The number of phenolic OH excluding ortho intramolecular Hbond substituents is 1. The second kappa shape index (κ2) is 11.2. The summed E-state index contributed by atoms with van der Waals surface area (Å²) in [6, 6.07) is 9.77. The zero-order valence-corrected chi connectivity index (χ0v) is 24.3. The Morgan fingerprint density at radius 1 is 1.09 bits per heavy atom. The van der Waals surface area contributed by atoms with Gasteiger partial charge in [0.25, 0.3) is 0 Å². The molecule has 2 aromatic heterocycles. The number of carbonyl (C=O) groups is 1. The third kappa shape index (κ3) is 5.12. The van der Waals surface area contributed by atoms with Crippen LogP contribution in [0.3, 0.4) is 0 Å². The van der Waals surface area contributed by atoms with E-state index >= 15 is 4.39 Å². The van der Waals surface area contributed by atoms with E-state index in [0.29, 0.717) is 0 Å². The first-order valence-corrected chi connectivity index (χ1v) is 14.6. The summed E-state index contributed by atoms with van der Waals surface area (Å²) in [6.07, 6.45) is 1.20. The van der Waals surface area contributed by atoms with Gasteiger partial charge in [0.2, 0.25) is 15.9 Å². The number of rotatable bonds is 6. The molecule has 1 amide bonds. The van der Waals surface area contributed by atoms with Crippen LogP contribution in [-0.4, -0.2) is 82.9 Å². The number of aromatic hydroxyl groups is 1. The van der Waals surface area contributed by atoms with Crippen molar-refractivity contribution in [3.05, 3.63) is 83.3 Å². The molecular weight excluding hydrogens is 582 g/mol. The second-order valence-electron chi connectivity index (χ2n) is 10.2. The SMILES string of the molecule is C=CC(=O)N1CCN(c2nc(=O)n(-c3ccccc3S(=O)(=O)N(C)C)c3nc(-c4c(O)cccc4F)c(F)cc23)[C@@H](C)C1. The van der Waals surface area contributed by atoms with Crippen molar-refractivity contribution >= 4 is 32.8 Å². The molecule has 0 bridgehead atoms. The Bertz CT molecular complexity index is 1930. The highest BCUT2D eigenvalue weighted by molar-refractivity contribution is 7.89. The molecule has 2 aromatic carbocycles. The Hall–Kier alpha value is -4.69. The summed E-state index contributed by atoms with van der Waals surface area (Å²) in [5.74, 6) is -2.76. The standard InChI is InChI=1S/C29H28F2N6O5S/c1-5-24(39)35-13-14-36(17(2)16-35)27-18-15-20(31)26(25-19(30)9-8-11-22(25)38)32-28(18)37(29(40)33-27)21-10-6-7-12-23(21)43(41,42)34(3)4/h5-12,15,17,38H,1,13-14,16H2,2-4H3/t17-/m0/s1. The summed E-state index contributed by atoms with van der Waals surface area (Å²) in [5, 5.41) is 10.4. The van der Waals surface area contributed by atoms with Gasteiger partial charge in [0.05, 0.1) is 16.6 Å². The van der Waals surface area contributed by atoms with E-state index in [-0.39, 0.29) is 59.0 Å². The van der Waals surface area contributed by atoms with E-state index in [4.69, 9.17) is 0 Å². The number of pyridine rings is 1. The van der Waals surface area contributed by atoms with Crippen molar-refractivity contribution in [1.29, 1.82) is 0 Å². The average molecular weight is 611 g/mol. The number of hydrogen-bond donors (Lipinski definition) is 1. The zero-order chi connectivity index (χ0) is 31.2. The molecule has 43 heavy (non-hydrogen) atoms. The topological polar surface area (TPSA) is 129 Å². The van der Waals surface area contributed by atoms with E-state index in [0.717, 1.165) is 21.0 Å². The first kappa shape index (κ1) is 29.8. The van der Waals surface area contributed by atoms with Gasteiger partial charge in [0, 0.05) is 39.8 Å². The molecule has 1 fully saturated rings. The van der Waals surface area contributed by atoms with Gasteiger partial charge >= 0.3 is 5.69 Å². The summed E-state index contributed by atoms with van der Waals surface area (Å²) >= 11 is 0. The van der Waals surface area contributed by atoms with Crippen molar-refractivity contribution in [2.45, 2.75) is 17.9 Å². The van der Waals surface area contributed by atoms with Gasteiger partial charge in [-0.25, -0.2) is 35.8 Å². The zero-order valence-electron chi connectivity index (χ0n) is 23.5. The van der Waals surface area contributed by atoms with Gasteiger partial charge in [-0.05, 0) is 43.3 Å². The number of para-hydroxylation sites is 1. The molecule has 0 radical (unpaired) electrons. The summed E-state index contributed by atoms with van der Waals surface area (Å²) in [7, 11) is -1.43. The quantitative estimate of drug-likeness (QED) is 0.330. The van der Waals surface area contributed by atoms with Crippen LogP contribution in [0.25, 0.3) is 28.0 Å². The van der Waals surface area contributed by atoms with Crippen LogP contribution in [-0.2, 0) is 14.8 Å². The lowest BCUT2D eigenvalue weighted by atomic mass is 10.1. The third-order valence-electron chi connectivity index (χ3n) is 7.28. The number of fused-ring (bicyclic) bond motifs is 1. The monoisotopic (exact) mass is 610 g/mol. The lowest BCUT2D eigenvalue weighted by Crippen LogP contribution is -2.54. The number of benzene rings is 2. The average Bonchev–Trinajstić information content (AvgIpc) is 2.96. The summed E-state index contributed by atoms with van der Waals surface area (Å²) in [4.78, 5) is 37.7. The van der Waals surface area contributed by atoms with Gasteiger partial charge in [0.1, 0.15) is 28.0 Å². The first-order valence-electron chi connectivity index (χ1n) is 13.2. The van der Waals surface area contributed by atoms with Gasteiger partial charge in [-0.15, -0.1) is 0 Å². The largest absolute Gasteiger partial charge is 0.507 e. The van der Waals surface area contributed by atoms with Gasteiger partial charge in [-0.3, -0.25) is 4.79 Å². The van der Waals surface area contributed by atoms with Crippen LogP contribution in [0.2, 0.25) is 0 Å². The second-order valence-corrected chi connectivity index (χ2v) is 12.3. The number of amides is 1. The molecule has 224 valence electrons. The van der Waals surface area contributed by atoms with E-state index in [1.807, 2.05) is 0 Å². The Balaban J connectivity index is 1.84. The Morgan fingerprint density at radius 3 is 2.47 bits per heavy atom. The minimum absolute atomic E-state index is 0.0316. The van der Waals surface area contributed by atoms with Crippen molar-refractivity contribution < 1.29 is 27.1 Å². The van der Waals surface area contributed by atoms with Crippen LogP contribution in [0.5, 0.6) is 5.75 Å². The van der Waals surface area contributed by atoms with Crippen LogP contribution < -0.4 is 10.6 Å². The number of sulfonamides is 1. The minimum Gasteiger partial charge on any atom is -0.507 e. The maximum absolute atomic E-state index is 15.8. The molecular formula is C29H28F2N6O5S. The number of hydrogen-bond acceptors (Lipinski definition) is 8. The minimum atomic E-state index is -4.09. The van der Waals surface area contributed by atoms with Crippen molar-refractivity contribution in [3.8, 4) is 22.7 Å². The summed E-state index contributed by atoms with van der Waals surface area (Å²) < 4.78 is 59.1. The highest BCUT2D eigenvalue weighted by Crippen LogP contribution is 2.36. The molecule has 0 unspecified atom stereocenters. The molecule has 11 nitrogen and oxygen atoms in total. The maximum atomic E-state index is 15.8. The highest BCUT2D eigenvalue weighted by atomic mass is 32.2. The molecule has 4 aromatic rings. The fourth-order valence-corrected chi connectivity index (χ4v) is 6.19.